The molecule has 1 amide bonds. The van der Waals surface area contributed by atoms with Crippen molar-refractivity contribution in [1.29, 1.82) is 0 Å². The first-order chi connectivity index (χ1) is 13.0. The summed E-state index contributed by atoms with van der Waals surface area (Å²) in [5, 5.41) is 3.32. The topological polar surface area (TPSA) is 81.4 Å². The Bertz CT molecular complexity index is 960. The second kappa shape index (κ2) is 8.18. The zero-order valence-electron chi connectivity index (χ0n) is 15.4. The average Bonchev–Trinajstić information content (AvgIpc) is 3.25. The van der Waals surface area contributed by atoms with Gasteiger partial charge in [0.2, 0.25) is 5.91 Å². The Morgan fingerprint density at radius 1 is 1.22 bits per heavy atom. The standard InChI is InChI=1S/C20H20N2O4S/c1-12-13(2)27-19(18(12)20(24)25-3)22-16(23)9-10-17-21-11-15(26-17)14-7-5-4-6-8-14/h4-8,11H,9-10H2,1-3H3,(H,22,23). The predicted octanol–water partition coefficient (Wildman–Crippen LogP) is 4.38. The summed E-state index contributed by atoms with van der Waals surface area (Å²) in [5.41, 5.74) is 2.17. The summed E-state index contributed by atoms with van der Waals surface area (Å²) in [4.78, 5) is 29.5. The minimum absolute atomic E-state index is 0.200. The molecule has 3 aromatic rings. The molecular weight excluding hydrogens is 364 g/mol. The molecule has 140 valence electrons. The van der Waals surface area contributed by atoms with Gasteiger partial charge in [-0.2, -0.15) is 0 Å². The van der Waals surface area contributed by atoms with E-state index in [-0.39, 0.29) is 12.3 Å². The van der Waals surface area contributed by atoms with E-state index in [2.05, 4.69) is 10.3 Å². The zero-order valence-corrected chi connectivity index (χ0v) is 16.2. The van der Waals surface area contributed by atoms with Crippen LogP contribution in [-0.2, 0) is 16.0 Å². The minimum Gasteiger partial charge on any atom is -0.465 e. The Balaban J connectivity index is 1.64. The number of nitrogens with one attached hydrogen (secondary N) is 1. The zero-order chi connectivity index (χ0) is 19.4. The molecule has 6 nitrogen and oxygen atoms in total. The quantitative estimate of drug-likeness (QED) is 0.638. The number of oxazole rings is 1. The summed E-state index contributed by atoms with van der Waals surface area (Å²) < 4.78 is 10.5. The molecule has 2 aromatic heterocycles. The van der Waals surface area contributed by atoms with Crippen molar-refractivity contribution in [2.45, 2.75) is 26.7 Å². The summed E-state index contributed by atoms with van der Waals surface area (Å²) in [5.74, 6) is 0.507. The number of esters is 1. The smallest absolute Gasteiger partial charge is 0.341 e. The minimum atomic E-state index is -0.452. The van der Waals surface area contributed by atoms with Crippen molar-refractivity contribution in [2.24, 2.45) is 0 Å². The van der Waals surface area contributed by atoms with E-state index >= 15 is 0 Å². The second-order valence-corrected chi connectivity index (χ2v) is 7.24. The number of hydrogen-bond acceptors (Lipinski definition) is 6. The van der Waals surface area contributed by atoms with Crippen LogP contribution in [-0.4, -0.2) is 24.0 Å². The molecule has 2 heterocycles. The van der Waals surface area contributed by atoms with E-state index in [0.29, 0.717) is 28.6 Å². The van der Waals surface area contributed by atoms with Crippen molar-refractivity contribution in [3.05, 3.63) is 58.4 Å². The molecule has 3 rings (SSSR count). The van der Waals surface area contributed by atoms with Crippen LogP contribution in [0.3, 0.4) is 0 Å². The van der Waals surface area contributed by atoms with Crippen LogP contribution in [0.5, 0.6) is 0 Å². The summed E-state index contributed by atoms with van der Waals surface area (Å²) in [6, 6.07) is 9.66. The fourth-order valence-corrected chi connectivity index (χ4v) is 3.70. The van der Waals surface area contributed by atoms with E-state index in [1.165, 1.54) is 18.4 Å². The third-order valence-electron chi connectivity index (χ3n) is 4.21. The molecule has 1 aromatic carbocycles. The molecule has 0 aliphatic rings. The van der Waals surface area contributed by atoms with Gasteiger partial charge >= 0.3 is 5.97 Å². The first-order valence-electron chi connectivity index (χ1n) is 8.48. The number of ether oxygens (including phenoxy) is 1. The van der Waals surface area contributed by atoms with Crippen molar-refractivity contribution in [2.75, 3.05) is 12.4 Å². The molecular formula is C20H20N2O4S. The Morgan fingerprint density at radius 2 is 1.96 bits per heavy atom. The first kappa shape index (κ1) is 18.8. The Morgan fingerprint density at radius 3 is 2.67 bits per heavy atom. The fourth-order valence-electron chi connectivity index (χ4n) is 2.63. The predicted molar refractivity (Wildman–Crippen MR) is 104 cm³/mol. The van der Waals surface area contributed by atoms with E-state index in [1.807, 2.05) is 44.2 Å². The average molecular weight is 384 g/mol. The van der Waals surface area contributed by atoms with Gasteiger partial charge in [-0.05, 0) is 19.4 Å². The lowest BCUT2D eigenvalue weighted by Crippen LogP contribution is -2.14. The number of anilines is 1. The van der Waals surface area contributed by atoms with E-state index in [1.54, 1.807) is 6.20 Å². The molecule has 0 spiro atoms. The van der Waals surface area contributed by atoms with Gasteiger partial charge in [0.15, 0.2) is 11.7 Å². The molecule has 0 saturated heterocycles. The normalized spacial score (nSPS) is 10.6. The number of amides is 1. The molecule has 0 fully saturated rings. The molecule has 1 N–H and O–H groups in total. The number of methoxy groups -OCH3 is 1. The van der Waals surface area contributed by atoms with Gasteiger partial charge in [-0.3, -0.25) is 4.79 Å². The monoisotopic (exact) mass is 384 g/mol. The van der Waals surface area contributed by atoms with Crippen molar-refractivity contribution in [3.8, 4) is 11.3 Å². The summed E-state index contributed by atoms with van der Waals surface area (Å²) in [7, 11) is 1.33. The number of carbonyl (C=O) groups is 2. The van der Waals surface area contributed by atoms with Gasteiger partial charge in [0.1, 0.15) is 5.00 Å². The van der Waals surface area contributed by atoms with Crippen molar-refractivity contribution < 1.29 is 18.7 Å². The lowest BCUT2D eigenvalue weighted by atomic mass is 10.1. The first-order valence-corrected chi connectivity index (χ1v) is 9.29. The van der Waals surface area contributed by atoms with Crippen LogP contribution in [0.1, 0.15) is 33.1 Å². The number of nitrogens with zero attached hydrogens (tertiary/aromatic N) is 1. The van der Waals surface area contributed by atoms with Gasteiger partial charge in [-0.15, -0.1) is 11.3 Å². The van der Waals surface area contributed by atoms with Gasteiger partial charge in [-0.25, -0.2) is 9.78 Å². The van der Waals surface area contributed by atoms with E-state index < -0.39 is 5.97 Å². The van der Waals surface area contributed by atoms with Crippen LogP contribution in [0.15, 0.2) is 40.9 Å². The number of rotatable bonds is 6. The number of benzene rings is 1. The summed E-state index contributed by atoms with van der Waals surface area (Å²) in [6.45, 7) is 3.74. The molecule has 0 atom stereocenters. The Hall–Kier alpha value is -2.93. The fraction of sp³-hybridized carbons (Fsp3) is 0.250. The van der Waals surface area contributed by atoms with Gasteiger partial charge < -0.3 is 14.5 Å². The molecule has 27 heavy (non-hydrogen) atoms. The maximum atomic E-state index is 12.3. The number of carbonyl (C=O) groups excluding carboxylic acids is 2. The molecule has 0 saturated carbocycles. The maximum Gasteiger partial charge on any atom is 0.341 e. The third-order valence-corrected chi connectivity index (χ3v) is 5.33. The van der Waals surface area contributed by atoms with Crippen LogP contribution in [0.4, 0.5) is 5.00 Å². The molecule has 0 aliphatic carbocycles. The number of hydrogen-bond donors (Lipinski definition) is 1. The molecule has 0 aliphatic heterocycles. The van der Waals surface area contributed by atoms with Crippen LogP contribution in [0.25, 0.3) is 11.3 Å². The highest BCUT2D eigenvalue weighted by Crippen LogP contribution is 2.33. The van der Waals surface area contributed by atoms with E-state index in [9.17, 15) is 9.59 Å². The Labute approximate surface area is 161 Å². The summed E-state index contributed by atoms with van der Waals surface area (Å²) >= 11 is 1.36. The molecule has 0 bridgehead atoms. The number of thiophene rings is 1. The SMILES string of the molecule is COC(=O)c1c(NC(=O)CCc2ncc(-c3ccccc3)o2)sc(C)c1C. The van der Waals surface area contributed by atoms with Crippen molar-refractivity contribution in [1.82, 2.24) is 4.98 Å². The maximum absolute atomic E-state index is 12.3. The van der Waals surface area contributed by atoms with Gasteiger partial charge in [-0.1, -0.05) is 30.3 Å². The largest absolute Gasteiger partial charge is 0.465 e. The summed E-state index contributed by atoms with van der Waals surface area (Å²) in [6.07, 6.45) is 2.23. The number of aryl methyl sites for hydroxylation is 2. The lowest BCUT2D eigenvalue weighted by molar-refractivity contribution is -0.116. The molecule has 7 heteroatoms. The van der Waals surface area contributed by atoms with Crippen LogP contribution >= 0.6 is 11.3 Å². The molecule has 0 unspecified atom stereocenters. The van der Waals surface area contributed by atoms with Gasteiger partial charge in [0.25, 0.3) is 0 Å². The lowest BCUT2D eigenvalue weighted by Gasteiger charge is -2.05. The third kappa shape index (κ3) is 4.25. The van der Waals surface area contributed by atoms with E-state index in [4.69, 9.17) is 9.15 Å². The van der Waals surface area contributed by atoms with Crippen LogP contribution in [0.2, 0.25) is 0 Å². The highest BCUT2D eigenvalue weighted by atomic mass is 32.1. The van der Waals surface area contributed by atoms with E-state index in [0.717, 1.165) is 16.0 Å². The van der Waals surface area contributed by atoms with Crippen LogP contribution in [0, 0.1) is 13.8 Å². The van der Waals surface area contributed by atoms with Gasteiger partial charge in [0, 0.05) is 23.3 Å². The highest BCUT2D eigenvalue weighted by Gasteiger charge is 2.21. The van der Waals surface area contributed by atoms with Crippen LogP contribution < -0.4 is 5.32 Å². The Kier molecular flexibility index (Phi) is 5.71. The second-order valence-electron chi connectivity index (χ2n) is 6.01. The van der Waals surface area contributed by atoms with Crippen molar-refractivity contribution >= 4 is 28.2 Å². The number of aromatic nitrogens is 1. The van der Waals surface area contributed by atoms with Crippen molar-refractivity contribution in [3.63, 3.8) is 0 Å². The van der Waals surface area contributed by atoms with Gasteiger partial charge in [0.05, 0.1) is 18.9 Å². The molecule has 0 radical (unpaired) electrons. The highest BCUT2D eigenvalue weighted by molar-refractivity contribution is 7.16.